The van der Waals surface area contributed by atoms with Crippen molar-refractivity contribution in [2.75, 3.05) is 11.1 Å². The first-order chi connectivity index (χ1) is 15.4. The number of nitrogens with zero attached hydrogens (tertiary/aromatic N) is 3. The van der Waals surface area contributed by atoms with Crippen LogP contribution in [0.3, 0.4) is 0 Å². The second kappa shape index (κ2) is 9.01. The Morgan fingerprint density at radius 1 is 1.06 bits per heavy atom. The van der Waals surface area contributed by atoms with E-state index in [4.69, 9.17) is 10.8 Å². The summed E-state index contributed by atoms with van der Waals surface area (Å²) in [6.07, 6.45) is 1.80. The highest BCUT2D eigenvalue weighted by atomic mass is 19.1. The summed E-state index contributed by atoms with van der Waals surface area (Å²) in [6, 6.07) is 17.0. The number of pyridine rings is 1. The Labute approximate surface area is 182 Å². The Kier molecular flexibility index (Phi) is 5.98. The van der Waals surface area contributed by atoms with Gasteiger partial charge in [-0.1, -0.05) is 36.4 Å². The van der Waals surface area contributed by atoms with Crippen LogP contribution in [0.5, 0.6) is 0 Å². The van der Waals surface area contributed by atoms with Gasteiger partial charge < -0.3 is 16.2 Å². The van der Waals surface area contributed by atoms with Gasteiger partial charge in [0.15, 0.2) is 5.65 Å². The molecule has 0 amide bonds. The van der Waals surface area contributed by atoms with Crippen LogP contribution in [0.25, 0.3) is 16.9 Å². The van der Waals surface area contributed by atoms with E-state index in [9.17, 15) is 13.6 Å². The Hall–Kier alpha value is -4.01. The molecule has 0 atom stereocenters. The molecule has 2 aromatic heterocycles. The minimum atomic E-state index is -0.630. The van der Waals surface area contributed by atoms with Gasteiger partial charge in [0.1, 0.15) is 17.3 Å². The monoisotopic (exact) mass is 437 g/mol. The fourth-order valence-electron chi connectivity index (χ4n) is 3.12. The fourth-order valence-corrected chi connectivity index (χ4v) is 3.12. The largest absolute Gasteiger partial charge is 0.481 e. The molecule has 2 aromatic carbocycles. The number of nitrogens with one attached hydrogen (secondary N) is 1. The van der Waals surface area contributed by atoms with Crippen LogP contribution in [0, 0.1) is 17.6 Å². The maximum absolute atomic E-state index is 13.7. The highest BCUT2D eigenvalue weighted by Gasteiger charge is 2.28. The van der Waals surface area contributed by atoms with E-state index >= 15 is 0 Å². The number of hydrogen-bond donors (Lipinski definition) is 3. The summed E-state index contributed by atoms with van der Waals surface area (Å²) in [5.41, 5.74) is 8.89. The van der Waals surface area contributed by atoms with Crippen LogP contribution in [-0.2, 0) is 11.3 Å². The minimum Gasteiger partial charge on any atom is -0.481 e. The molecule has 32 heavy (non-hydrogen) atoms. The average Bonchev–Trinajstić information content (AvgIpc) is 3.55. The summed E-state index contributed by atoms with van der Waals surface area (Å²) < 4.78 is 29.0. The Morgan fingerprint density at radius 2 is 1.72 bits per heavy atom. The molecule has 0 unspecified atom stereocenters. The van der Waals surface area contributed by atoms with Gasteiger partial charge >= 0.3 is 5.97 Å². The summed E-state index contributed by atoms with van der Waals surface area (Å²) in [5, 5.41) is 15.0. The highest BCUT2D eigenvalue weighted by molar-refractivity contribution is 5.72. The molecule has 0 spiro atoms. The number of para-hydroxylation sites is 1. The summed E-state index contributed by atoms with van der Waals surface area (Å²) in [5.74, 6) is -1.63. The van der Waals surface area contributed by atoms with Crippen LogP contribution in [0.15, 0.2) is 60.7 Å². The molecule has 0 saturated heterocycles. The van der Waals surface area contributed by atoms with Crippen molar-refractivity contribution in [2.45, 2.75) is 19.4 Å². The first-order valence-electron chi connectivity index (χ1n) is 10.0. The van der Waals surface area contributed by atoms with Gasteiger partial charge in [-0.25, -0.2) is 13.3 Å². The number of carboxylic acid groups (broad SMARTS) is 1. The van der Waals surface area contributed by atoms with Gasteiger partial charge in [-0.2, -0.15) is 4.98 Å². The number of fused-ring (bicyclic) bond motifs is 1. The SMILES string of the molecule is Nc1nc2cccc(-c3ccc(CNc4c(F)cccc4F)cc3)n2n1.O=C(O)C1CC1. The van der Waals surface area contributed by atoms with Crippen LogP contribution in [0.4, 0.5) is 20.4 Å². The molecule has 0 aliphatic heterocycles. The molecule has 7 nitrogen and oxygen atoms in total. The molecule has 4 aromatic rings. The first kappa shape index (κ1) is 21.2. The number of rotatable bonds is 5. The molecule has 0 bridgehead atoms. The van der Waals surface area contributed by atoms with Crippen molar-refractivity contribution in [3.8, 4) is 11.3 Å². The molecule has 2 heterocycles. The predicted molar refractivity (Wildman–Crippen MR) is 117 cm³/mol. The lowest BCUT2D eigenvalue weighted by Gasteiger charge is -2.10. The van der Waals surface area contributed by atoms with Crippen molar-refractivity contribution in [1.29, 1.82) is 0 Å². The molecule has 1 aliphatic rings. The lowest BCUT2D eigenvalue weighted by Crippen LogP contribution is -2.03. The van der Waals surface area contributed by atoms with E-state index in [0.29, 0.717) is 12.2 Å². The van der Waals surface area contributed by atoms with Gasteiger partial charge in [0.25, 0.3) is 0 Å². The van der Waals surface area contributed by atoms with Crippen LogP contribution in [-0.4, -0.2) is 25.7 Å². The molecule has 0 radical (unpaired) electrons. The third-order valence-electron chi connectivity index (χ3n) is 4.98. The Morgan fingerprint density at radius 3 is 2.31 bits per heavy atom. The quantitative estimate of drug-likeness (QED) is 0.429. The molecule has 1 fully saturated rings. The normalized spacial score (nSPS) is 12.8. The third-order valence-corrected chi connectivity index (χ3v) is 4.98. The summed E-state index contributed by atoms with van der Waals surface area (Å²) in [7, 11) is 0. The molecule has 4 N–H and O–H groups in total. The van der Waals surface area contributed by atoms with Crippen LogP contribution in [0.1, 0.15) is 18.4 Å². The predicted octanol–water partition coefficient (Wildman–Crippen LogP) is 4.35. The van der Waals surface area contributed by atoms with Gasteiger partial charge in [-0.15, -0.1) is 5.10 Å². The lowest BCUT2D eigenvalue weighted by atomic mass is 10.1. The molecule has 1 aliphatic carbocycles. The average molecular weight is 437 g/mol. The maximum Gasteiger partial charge on any atom is 0.306 e. The third kappa shape index (κ3) is 4.83. The van der Waals surface area contributed by atoms with E-state index in [2.05, 4.69) is 15.4 Å². The number of anilines is 2. The second-order valence-corrected chi connectivity index (χ2v) is 7.41. The van der Waals surface area contributed by atoms with E-state index in [-0.39, 0.29) is 17.6 Å². The Balaban J connectivity index is 0.000000354. The van der Waals surface area contributed by atoms with Crippen molar-refractivity contribution < 1.29 is 18.7 Å². The van der Waals surface area contributed by atoms with E-state index < -0.39 is 17.6 Å². The van der Waals surface area contributed by atoms with E-state index in [1.807, 2.05) is 42.5 Å². The van der Waals surface area contributed by atoms with Gasteiger partial charge in [0, 0.05) is 12.1 Å². The zero-order chi connectivity index (χ0) is 22.7. The van der Waals surface area contributed by atoms with Gasteiger partial charge in [0.05, 0.1) is 11.6 Å². The number of nitrogen functional groups attached to an aromatic ring is 1. The highest BCUT2D eigenvalue weighted by Crippen LogP contribution is 2.28. The number of hydrogen-bond acceptors (Lipinski definition) is 5. The standard InChI is InChI=1S/C19H15F2N5.C4H6O2/c20-14-3-1-4-15(21)18(14)23-11-12-7-9-13(10-8-12)16-5-2-6-17-24-19(22)25-26(16)17;5-4(6)3-1-2-3/h1-10,23H,11H2,(H2,22,25);3H,1-2H2,(H,5,6). The number of benzene rings is 2. The summed E-state index contributed by atoms with van der Waals surface area (Å²) >= 11 is 0. The molecule has 1 saturated carbocycles. The molecular formula is C23H21F2N5O2. The Bertz CT molecular complexity index is 1230. The number of nitrogens with two attached hydrogens (primary N) is 1. The topological polar surface area (TPSA) is 106 Å². The van der Waals surface area contributed by atoms with E-state index in [1.54, 1.807) is 4.52 Å². The zero-order valence-electron chi connectivity index (χ0n) is 17.0. The number of aliphatic carboxylic acids is 1. The zero-order valence-corrected chi connectivity index (χ0v) is 17.0. The van der Waals surface area contributed by atoms with E-state index in [1.165, 1.54) is 18.2 Å². The minimum absolute atomic E-state index is 0.0185. The van der Waals surface area contributed by atoms with Gasteiger partial charge in [0.2, 0.25) is 5.95 Å². The second-order valence-electron chi connectivity index (χ2n) is 7.41. The smallest absolute Gasteiger partial charge is 0.306 e. The number of carboxylic acids is 1. The van der Waals surface area contributed by atoms with Gasteiger partial charge in [-0.3, -0.25) is 4.79 Å². The summed E-state index contributed by atoms with van der Waals surface area (Å²) in [6.45, 7) is 0.304. The number of halogens is 2. The molecule has 164 valence electrons. The van der Waals surface area contributed by atoms with Crippen LogP contribution < -0.4 is 11.1 Å². The molecule has 5 rings (SSSR count). The number of aromatic nitrogens is 3. The molecular weight excluding hydrogens is 416 g/mol. The fraction of sp³-hybridized carbons (Fsp3) is 0.174. The van der Waals surface area contributed by atoms with E-state index in [0.717, 1.165) is 29.7 Å². The van der Waals surface area contributed by atoms with Gasteiger partial charge in [-0.05, 0) is 42.7 Å². The van der Waals surface area contributed by atoms with Crippen LogP contribution >= 0.6 is 0 Å². The van der Waals surface area contributed by atoms with Crippen molar-refractivity contribution in [3.63, 3.8) is 0 Å². The molecule has 9 heteroatoms. The van der Waals surface area contributed by atoms with Crippen molar-refractivity contribution in [3.05, 3.63) is 77.9 Å². The van der Waals surface area contributed by atoms with Crippen molar-refractivity contribution in [2.24, 2.45) is 5.92 Å². The first-order valence-corrected chi connectivity index (χ1v) is 10.0. The number of carbonyl (C=O) groups is 1. The lowest BCUT2D eigenvalue weighted by molar-refractivity contribution is -0.138. The van der Waals surface area contributed by atoms with Crippen LogP contribution in [0.2, 0.25) is 0 Å². The van der Waals surface area contributed by atoms with Crippen molar-refractivity contribution in [1.82, 2.24) is 14.6 Å². The summed E-state index contributed by atoms with van der Waals surface area (Å²) in [4.78, 5) is 13.9. The van der Waals surface area contributed by atoms with Crippen molar-refractivity contribution >= 4 is 23.3 Å². The maximum atomic E-state index is 13.7.